The molecule has 1 aromatic heterocycles. The van der Waals surface area contributed by atoms with E-state index in [2.05, 4.69) is 40.4 Å². The van der Waals surface area contributed by atoms with Gasteiger partial charge in [0.2, 0.25) is 0 Å². The Morgan fingerprint density at radius 1 is 1.64 bits per heavy atom. The highest BCUT2D eigenvalue weighted by Gasteiger charge is 2.44. The van der Waals surface area contributed by atoms with Crippen molar-refractivity contribution in [2.75, 3.05) is 0 Å². The molecule has 1 heterocycles. The molecule has 1 atom stereocenters. The lowest BCUT2D eigenvalue weighted by atomic mass is 10.0. The smallest absolute Gasteiger partial charge is 0.0542 e. The van der Waals surface area contributed by atoms with Crippen LogP contribution in [0.15, 0.2) is 17.5 Å². The maximum atomic E-state index is 3.76. The molecular formula is C9H11BrS. The third-order valence-electron chi connectivity index (χ3n) is 2.44. The second kappa shape index (κ2) is 2.60. The van der Waals surface area contributed by atoms with Gasteiger partial charge >= 0.3 is 0 Å². The Bertz CT molecular complexity index is 236. The van der Waals surface area contributed by atoms with Crippen molar-refractivity contribution in [2.24, 2.45) is 5.41 Å². The standard InChI is InChI=1S/C9H11BrS/c1-9(4-5-9)8(10)7-3-2-6-11-7/h2-3,6,8H,4-5H2,1H3. The van der Waals surface area contributed by atoms with Crippen LogP contribution in [0.4, 0.5) is 0 Å². The summed E-state index contributed by atoms with van der Waals surface area (Å²) in [6, 6.07) is 4.34. The van der Waals surface area contributed by atoms with E-state index in [9.17, 15) is 0 Å². The number of rotatable bonds is 2. The summed E-state index contributed by atoms with van der Waals surface area (Å²) in [5, 5.41) is 2.15. The number of thiophene rings is 1. The van der Waals surface area contributed by atoms with Crippen LogP contribution in [-0.4, -0.2) is 0 Å². The van der Waals surface area contributed by atoms with Crippen LogP contribution in [0.25, 0.3) is 0 Å². The number of hydrogen-bond donors (Lipinski definition) is 0. The van der Waals surface area contributed by atoms with E-state index in [0.717, 1.165) is 0 Å². The van der Waals surface area contributed by atoms with Crippen molar-refractivity contribution in [3.8, 4) is 0 Å². The molecule has 0 N–H and O–H groups in total. The summed E-state index contributed by atoms with van der Waals surface area (Å²) in [5.41, 5.74) is 0.560. The molecule has 0 saturated heterocycles. The van der Waals surface area contributed by atoms with Gasteiger partial charge in [-0.25, -0.2) is 0 Å². The molecule has 0 radical (unpaired) electrons. The quantitative estimate of drug-likeness (QED) is 0.675. The zero-order chi connectivity index (χ0) is 7.90. The zero-order valence-electron chi connectivity index (χ0n) is 6.51. The molecule has 1 aliphatic carbocycles. The van der Waals surface area contributed by atoms with Gasteiger partial charge in [0.25, 0.3) is 0 Å². The second-order valence-corrected chi connectivity index (χ2v) is 5.43. The van der Waals surface area contributed by atoms with Crippen molar-refractivity contribution in [1.82, 2.24) is 0 Å². The van der Waals surface area contributed by atoms with Gasteiger partial charge in [-0.05, 0) is 29.7 Å². The molecule has 1 unspecified atom stereocenters. The molecule has 0 amide bonds. The molecule has 1 fully saturated rings. The van der Waals surface area contributed by atoms with E-state index in [1.54, 1.807) is 0 Å². The Morgan fingerprint density at radius 3 is 2.82 bits per heavy atom. The van der Waals surface area contributed by atoms with Gasteiger partial charge in [0.1, 0.15) is 0 Å². The fraction of sp³-hybridized carbons (Fsp3) is 0.556. The average Bonchev–Trinajstić information content (AvgIpc) is 2.54. The maximum Gasteiger partial charge on any atom is 0.0542 e. The second-order valence-electron chi connectivity index (χ2n) is 3.53. The summed E-state index contributed by atoms with van der Waals surface area (Å²) < 4.78 is 0. The van der Waals surface area contributed by atoms with Crippen molar-refractivity contribution in [1.29, 1.82) is 0 Å². The minimum absolute atomic E-state index is 0.560. The number of alkyl halides is 1. The fourth-order valence-corrected chi connectivity index (χ4v) is 3.04. The van der Waals surface area contributed by atoms with Crippen molar-refractivity contribution >= 4 is 27.3 Å². The minimum atomic E-state index is 0.560. The van der Waals surface area contributed by atoms with Gasteiger partial charge in [0.15, 0.2) is 0 Å². The van der Waals surface area contributed by atoms with Crippen LogP contribution in [0.2, 0.25) is 0 Å². The van der Waals surface area contributed by atoms with Crippen LogP contribution in [0.1, 0.15) is 29.5 Å². The first-order chi connectivity index (χ1) is 5.22. The molecule has 2 heteroatoms. The Labute approximate surface area is 79.8 Å². The first-order valence-electron chi connectivity index (χ1n) is 3.90. The summed E-state index contributed by atoms with van der Waals surface area (Å²) in [6.45, 7) is 2.35. The van der Waals surface area contributed by atoms with E-state index in [-0.39, 0.29) is 0 Å². The summed E-state index contributed by atoms with van der Waals surface area (Å²) in [5.74, 6) is 0. The SMILES string of the molecule is CC1(C(Br)c2cccs2)CC1. The van der Waals surface area contributed by atoms with E-state index < -0.39 is 0 Å². The monoisotopic (exact) mass is 230 g/mol. The Kier molecular flexibility index (Phi) is 1.84. The van der Waals surface area contributed by atoms with Crippen LogP contribution in [0.5, 0.6) is 0 Å². The third-order valence-corrected chi connectivity index (χ3v) is 5.28. The van der Waals surface area contributed by atoms with Gasteiger partial charge in [0, 0.05) is 4.88 Å². The van der Waals surface area contributed by atoms with Crippen LogP contribution in [0, 0.1) is 5.41 Å². The van der Waals surface area contributed by atoms with Crippen LogP contribution >= 0.6 is 27.3 Å². The van der Waals surface area contributed by atoms with E-state index in [1.807, 2.05) is 11.3 Å². The predicted molar refractivity (Wildman–Crippen MR) is 53.3 cm³/mol. The summed E-state index contributed by atoms with van der Waals surface area (Å²) >= 11 is 5.61. The summed E-state index contributed by atoms with van der Waals surface area (Å²) in [6.07, 6.45) is 2.75. The molecule has 0 spiro atoms. The molecule has 11 heavy (non-hydrogen) atoms. The average molecular weight is 231 g/mol. The molecule has 60 valence electrons. The van der Waals surface area contributed by atoms with Gasteiger partial charge in [-0.3, -0.25) is 0 Å². The maximum absolute atomic E-state index is 3.76. The van der Waals surface area contributed by atoms with Crippen LogP contribution < -0.4 is 0 Å². The molecule has 0 aliphatic heterocycles. The normalized spacial score (nSPS) is 23.1. The van der Waals surface area contributed by atoms with Gasteiger partial charge in [0.05, 0.1) is 4.83 Å². The van der Waals surface area contributed by atoms with Crippen molar-refractivity contribution in [2.45, 2.75) is 24.6 Å². The summed E-state index contributed by atoms with van der Waals surface area (Å²) in [4.78, 5) is 2.07. The van der Waals surface area contributed by atoms with Gasteiger partial charge < -0.3 is 0 Å². The van der Waals surface area contributed by atoms with E-state index in [0.29, 0.717) is 10.2 Å². The Hall–Kier alpha value is 0.180. The molecule has 0 aromatic carbocycles. The highest BCUT2D eigenvalue weighted by atomic mass is 79.9. The topological polar surface area (TPSA) is 0 Å². The lowest BCUT2D eigenvalue weighted by Crippen LogP contribution is -2.00. The molecule has 1 aliphatic rings. The van der Waals surface area contributed by atoms with Gasteiger partial charge in [-0.15, -0.1) is 11.3 Å². The molecule has 0 bridgehead atoms. The Morgan fingerprint density at radius 2 is 2.36 bits per heavy atom. The van der Waals surface area contributed by atoms with E-state index in [4.69, 9.17) is 0 Å². The number of hydrogen-bond acceptors (Lipinski definition) is 1. The van der Waals surface area contributed by atoms with Crippen molar-refractivity contribution in [3.63, 3.8) is 0 Å². The predicted octanol–water partition coefficient (Wildman–Crippen LogP) is 3.98. The molecule has 2 rings (SSSR count). The molecule has 1 saturated carbocycles. The van der Waals surface area contributed by atoms with Crippen molar-refractivity contribution in [3.05, 3.63) is 22.4 Å². The van der Waals surface area contributed by atoms with E-state index >= 15 is 0 Å². The minimum Gasteiger partial charge on any atom is -0.148 e. The zero-order valence-corrected chi connectivity index (χ0v) is 8.91. The lowest BCUT2D eigenvalue weighted by molar-refractivity contribution is 0.570. The third kappa shape index (κ3) is 1.38. The lowest BCUT2D eigenvalue weighted by Gasteiger charge is -2.14. The van der Waals surface area contributed by atoms with Crippen LogP contribution in [0.3, 0.4) is 0 Å². The highest BCUT2D eigenvalue weighted by Crippen LogP contribution is 2.58. The first-order valence-corrected chi connectivity index (χ1v) is 5.69. The highest BCUT2D eigenvalue weighted by molar-refractivity contribution is 9.09. The number of halogens is 1. The molecular weight excluding hydrogens is 220 g/mol. The molecule has 1 aromatic rings. The van der Waals surface area contributed by atoms with E-state index in [1.165, 1.54) is 17.7 Å². The Balaban J connectivity index is 2.17. The van der Waals surface area contributed by atoms with Crippen LogP contribution in [-0.2, 0) is 0 Å². The largest absolute Gasteiger partial charge is 0.148 e. The van der Waals surface area contributed by atoms with Gasteiger partial charge in [-0.1, -0.05) is 28.9 Å². The van der Waals surface area contributed by atoms with Gasteiger partial charge in [-0.2, -0.15) is 0 Å². The molecule has 0 nitrogen and oxygen atoms in total. The summed E-state index contributed by atoms with van der Waals surface area (Å²) in [7, 11) is 0. The van der Waals surface area contributed by atoms with Crippen molar-refractivity contribution < 1.29 is 0 Å². The fourth-order valence-electron chi connectivity index (χ4n) is 1.23. The first kappa shape index (κ1) is 7.81.